The maximum atomic E-state index is 12.8. The minimum absolute atomic E-state index is 0.0674. The van der Waals surface area contributed by atoms with E-state index in [1.54, 1.807) is 18.6 Å². The molecule has 9 nitrogen and oxygen atoms in total. The monoisotopic (exact) mass is 554 g/mol. The third-order valence-electron chi connectivity index (χ3n) is 7.12. The predicted octanol–water partition coefficient (Wildman–Crippen LogP) is 6.86. The highest BCUT2D eigenvalue weighted by molar-refractivity contribution is 7.19. The van der Waals surface area contributed by atoms with Crippen molar-refractivity contribution in [2.75, 3.05) is 5.32 Å². The largest absolute Gasteiger partial charge is 0.336 e. The Labute approximate surface area is 232 Å². The van der Waals surface area contributed by atoms with E-state index in [9.17, 15) is 4.79 Å². The molecular formula is C28H23ClN8OS. The Hall–Kier alpha value is -4.15. The highest BCUT2D eigenvalue weighted by Gasteiger charge is 2.22. The molecule has 6 aromatic rings. The zero-order valence-corrected chi connectivity index (χ0v) is 22.3. The highest BCUT2D eigenvalue weighted by atomic mass is 35.5. The first-order valence-corrected chi connectivity index (χ1v) is 14.0. The first-order valence-electron chi connectivity index (χ1n) is 12.8. The summed E-state index contributed by atoms with van der Waals surface area (Å²) in [5, 5.41) is 10.6. The lowest BCUT2D eigenvalue weighted by molar-refractivity contribution is -0.120. The molecule has 7 rings (SSSR count). The van der Waals surface area contributed by atoms with Gasteiger partial charge in [-0.05, 0) is 49.2 Å². The van der Waals surface area contributed by atoms with E-state index < -0.39 is 0 Å². The number of imidazole rings is 1. The summed E-state index contributed by atoms with van der Waals surface area (Å²) >= 11 is 7.62. The zero-order valence-electron chi connectivity index (χ0n) is 20.7. The van der Waals surface area contributed by atoms with Gasteiger partial charge >= 0.3 is 0 Å². The van der Waals surface area contributed by atoms with Crippen LogP contribution in [0.3, 0.4) is 0 Å². The lowest BCUT2D eigenvalue weighted by Crippen LogP contribution is -2.24. The number of nitrogens with one attached hydrogen (secondary N) is 3. The van der Waals surface area contributed by atoms with Crippen LogP contribution in [0.25, 0.3) is 55.4 Å². The number of halogens is 1. The average molecular weight is 555 g/mol. The van der Waals surface area contributed by atoms with Crippen LogP contribution < -0.4 is 5.32 Å². The van der Waals surface area contributed by atoms with E-state index in [4.69, 9.17) is 21.6 Å². The molecule has 1 saturated carbocycles. The van der Waals surface area contributed by atoms with Crippen LogP contribution in [-0.2, 0) is 4.79 Å². The molecule has 194 valence electrons. The van der Waals surface area contributed by atoms with Gasteiger partial charge in [0.15, 0.2) is 11.5 Å². The number of carbonyl (C=O) groups excluding carboxylic acids is 1. The topological polar surface area (TPSA) is 125 Å². The van der Waals surface area contributed by atoms with Crippen LogP contribution in [0.1, 0.15) is 32.1 Å². The molecule has 0 atom stereocenters. The molecule has 1 amide bonds. The van der Waals surface area contributed by atoms with Crippen LogP contribution in [0.2, 0.25) is 4.34 Å². The first-order chi connectivity index (χ1) is 19.1. The number of anilines is 1. The van der Waals surface area contributed by atoms with Crippen LogP contribution in [0.4, 0.5) is 5.69 Å². The summed E-state index contributed by atoms with van der Waals surface area (Å²) in [5.41, 5.74) is 6.61. The number of aromatic nitrogens is 7. The number of hydrogen-bond acceptors (Lipinski definition) is 7. The van der Waals surface area contributed by atoms with Gasteiger partial charge < -0.3 is 10.3 Å². The highest BCUT2D eigenvalue weighted by Crippen LogP contribution is 2.35. The van der Waals surface area contributed by atoms with E-state index in [0.717, 1.165) is 64.1 Å². The van der Waals surface area contributed by atoms with Crippen molar-refractivity contribution in [3.63, 3.8) is 0 Å². The van der Waals surface area contributed by atoms with Crippen LogP contribution in [0.5, 0.6) is 0 Å². The van der Waals surface area contributed by atoms with E-state index in [1.165, 1.54) is 17.8 Å². The quantitative estimate of drug-likeness (QED) is 0.214. The Kier molecular flexibility index (Phi) is 6.05. The van der Waals surface area contributed by atoms with Gasteiger partial charge in [-0.1, -0.05) is 30.9 Å². The fraction of sp³-hybridized carbons (Fsp3) is 0.214. The van der Waals surface area contributed by atoms with E-state index in [2.05, 4.69) is 30.5 Å². The minimum atomic E-state index is 0.0674. The normalized spacial score (nSPS) is 14.3. The summed E-state index contributed by atoms with van der Waals surface area (Å²) in [7, 11) is 0. The van der Waals surface area contributed by atoms with Crippen molar-refractivity contribution in [3.8, 4) is 33.3 Å². The van der Waals surface area contributed by atoms with Gasteiger partial charge in [-0.25, -0.2) is 9.97 Å². The summed E-state index contributed by atoms with van der Waals surface area (Å²) < 4.78 is 0.696. The summed E-state index contributed by atoms with van der Waals surface area (Å²) in [6.07, 6.45) is 10.5. The Morgan fingerprint density at radius 3 is 2.69 bits per heavy atom. The predicted molar refractivity (Wildman–Crippen MR) is 154 cm³/mol. The molecule has 11 heteroatoms. The second-order valence-electron chi connectivity index (χ2n) is 9.70. The standard InChI is InChI=1S/C28H23ClN8OS/c29-22-9-8-21(39-22)25-23-19(10-11-31-25)34-27(35-23)26-24-20(36-37-26)7-6-18(33-24)16-12-17(14-30-13-16)32-28(38)15-4-2-1-3-5-15/h6-15H,1-5H2,(H,32,38)(H,34,35)(H,36,37). The molecule has 0 bridgehead atoms. The Balaban J connectivity index is 1.22. The van der Waals surface area contributed by atoms with Gasteiger partial charge in [0.2, 0.25) is 5.91 Å². The second kappa shape index (κ2) is 9.87. The van der Waals surface area contributed by atoms with Gasteiger partial charge in [0.05, 0.1) is 37.8 Å². The van der Waals surface area contributed by atoms with Crippen molar-refractivity contribution in [2.45, 2.75) is 32.1 Å². The minimum Gasteiger partial charge on any atom is -0.336 e. The summed E-state index contributed by atoms with van der Waals surface area (Å²) in [6, 6.07) is 11.4. The lowest BCUT2D eigenvalue weighted by Gasteiger charge is -2.20. The molecule has 6 aromatic heterocycles. The third kappa shape index (κ3) is 4.55. The third-order valence-corrected chi connectivity index (χ3v) is 8.35. The van der Waals surface area contributed by atoms with E-state index >= 15 is 0 Å². The number of aromatic amines is 2. The molecule has 0 radical (unpaired) electrons. The van der Waals surface area contributed by atoms with Crippen LogP contribution >= 0.6 is 22.9 Å². The summed E-state index contributed by atoms with van der Waals surface area (Å²) in [4.78, 5) is 35.7. The Bertz CT molecular complexity index is 1830. The number of hydrogen-bond donors (Lipinski definition) is 3. The first kappa shape index (κ1) is 23.9. The molecule has 0 spiro atoms. The number of H-pyrrole nitrogens is 2. The number of pyridine rings is 3. The molecule has 0 unspecified atom stereocenters. The molecule has 6 heterocycles. The van der Waals surface area contributed by atoms with Crippen molar-refractivity contribution in [2.24, 2.45) is 5.92 Å². The van der Waals surface area contributed by atoms with Gasteiger partial charge in [0.25, 0.3) is 0 Å². The molecule has 1 fully saturated rings. The molecule has 39 heavy (non-hydrogen) atoms. The lowest BCUT2D eigenvalue weighted by atomic mass is 9.88. The number of thiophene rings is 1. The average Bonchev–Trinajstić information content (AvgIpc) is 3.71. The number of rotatable bonds is 5. The maximum absolute atomic E-state index is 12.8. The van der Waals surface area contributed by atoms with Crippen molar-refractivity contribution in [3.05, 3.63) is 59.3 Å². The molecular weight excluding hydrogens is 532 g/mol. The molecule has 3 N–H and O–H groups in total. The fourth-order valence-electron chi connectivity index (χ4n) is 5.15. The van der Waals surface area contributed by atoms with Crippen molar-refractivity contribution >= 4 is 56.6 Å². The Morgan fingerprint density at radius 2 is 1.85 bits per heavy atom. The Morgan fingerprint density at radius 1 is 0.974 bits per heavy atom. The second-order valence-corrected chi connectivity index (χ2v) is 11.4. The number of carbonyl (C=O) groups is 1. The van der Waals surface area contributed by atoms with Crippen LogP contribution in [-0.4, -0.2) is 41.0 Å². The number of nitrogens with zero attached hydrogens (tertiary/aromatic N) is 5. The van der Waals surface area contributed by atoms with Gasteiger partial charge in [0.1, 0.15) is 16.7 Å². The maximum Gasteiger partial charge on any atom is 0.227 e. The van der Waals surface area contributed by atoms with Crippen molar-refractivity contribution < 1.29 is 4.79 Å². The van der Waals surface area contributed by atoms with E-state index in [-0.39, 0.29) is 11.8 Å². The molecule has 1 aliphatic carbocycles. The molecule has 1 aliphatic rings. The molecule has 0 aromatic carbocycles. The molecule has 0 aliphatic heterocycles. The fourth-order valence-corrected chi connectivity index (χ4v) is 6.19. The van der Waals surface area contributed by atoms with E-state index in [1.807, 2.05) is 36.4 Å². The zero-order chi connectivity index (χ0) is 26.3. The van der Waals surface area contributed by atoms with Crippen molar-refractivity contribution in [1.29, 1.82) is 0 Å². The van der Waals surface area contributed by atoms with Crippen LogP contribution in [0.15, 0.2) is 55.0 Å². The van der Waals surface area contributed by atoms with Gasteiger partial charge in [-0.2, -0.15) is 5.10 Å². The summed E-state index contributed by atoms with van der Waals surface area (Å²) in [5.74, 6) is 0.726. The molecule has 0 saturated heterocycles. The number of amides is 1. The number of fused-ring (bicyclic) bond motifs is 2. The van der Waals surface area contributed by atoms with E-state index in [0.29, 0.717) is 27.1 Å². The van der Waals surface area contributed by atoms with Gasteiger partial charge in [-0.3, -0.25) is 19.9 Å². The summed E-state index contributed by atoms with van der Waals surface area (Å²) in [6.45, 7) is 0. The van der Waals surface area contributed by atoms with Gasteiger partial charge in [-0.15, -0.1) is 11.3 Å². The smallest absolute Gasteiger partial charge is 0.227 e. The SMILES string of the molecule is O=C(Nc1cncc(-c2ccc3[nH]nc(-c4nc5c(-c6ccc(Cl)s6)nccc5[nH]4)c3n2)c1)C1CCCCC1. The van der Waals surface area contributed by atoms with Crippen LogP contribution in [0, 0.1) is 5.92 Å². The van der Waals surface area contributed by atoms with Crippen molar-refractivity contribution in [1.82, 2.24) is 35.1 Å². The van der Waals surface area contributed by atoms with Gasteiger partial charge in [0, 0.05) is 23.9 Å².